The Bertz CT molecular complexity index is 1630. The minimum atomic E-state index is -4.37. The largest absolute Gasteiger partial charge is 0.408 e. The molecule has 42 heavy (non-hydrogen) atoms. The average Bonchev–Trinajstić information content (AvgIpc) is 3.32. The van der Waals surface area contributed by atoms with Gasteiger partial charge in [-0.1, -0.05) is 41.9 Å². The number of ether oxygens (including phenoxy) is 1. The molecule has 0 radical (unpaired) electrons. The highest BCUT2D eigenvalue weighted by Crippen LogP contribution is 2.41. The maximum Gasteiger partial charge on any atom is 0.408 e. The van der Waals surface area contributed by atoms with Crippen LogP contribution in [0.5, 0.6) is 0 Å². The first-order valence-electron chi connectivity index (χ1n) is 13.1. The number of halogens is 4. The van der Waals surface area contributed by atoms with E-state index in [-0.39, 0.29) is 24.1 Å². The first-order chi connectivity index (χ1) is 20.0. The fraction of sp³-hybridized carbons (Fsp3) is 0.321. The number of carbonyl (C=O) groups excluding carboxylic acids is 1. The van der Waals surface area contributed by atoms with E-state index >= 15 is 0 Å². The summed E-state index contributed by atoms with van der Waals surface area (Å²) in [6, 6.07) is 10.7. The van der Waals surface area contributed by atoms with Crippen molar-refractivity contribution in [3.8, 4) is 22.5 Å². The summed E-state index contributed by atoms with van der Waals surface area (Å²) >= 11 is 6.46. The van der Waals surface area contributed by atoms with Crippen LogP contribution in [0.2, 0.25) is 5.02 Å². The Kier molecular flexibility index (Phi) is 7.01. The van der Waals surface area contributed by atoms with E-state index in [0.717, 1.165) is 23.1 Å². The Balaban J connectivity index is 1.26. The molecule has 0 spiro atoms. The molecule has 1 amide bonds. The second-order valence-corrected chi connectivity index (χ2v) is 11.0. The van der Waals surface area contributed by atoms with Gasteiger partial charge in [-0.3, -0.25) is 19.5 Å². The molecule has 10 nitrogen and oxygen atoms in total. The fourth-order valence-electron chi connectivity index (χ4n) is 4.85. The lowest BCUT2D eigenvalue weighted by molar-refractivity contribution is -0.142. The Morgan fingerprint density at radius 1 is 1.19 bits per heavy atom. The maximum atomic E-state index is 13.8. The molecule has 1 aliphatic heterocycles. The van der Waals surface area contributed by atoms with E-state index in [4.69, 9.17) is 22.1 Å². The highest BCUT2D eigenvalue weighted by atomic mass is 35.5. The second-order valence-electron chi connectivity index (χ2n) is 10.6. The second kappa shape index (κ2) is 10.6. The quantitative estimate of drug-likeness (QED) is 0.277. The number of aliphatic imine (C=N–C) groups is 1. The van der Waals surface area contributed by atoms with Gasteiger partial charge in [0.2, 0.25) is 0 Å². The normalized spacial score (nSPS) is 18.8. The van der Waals surface area contributed by atoms with E-state index in [1.165, 1.54) is 23.6 Å². The van der Waals surface area contributed by atoms with Crippen molar-refractivity contribution < 1.29 is 22.7 Å². The number of nitrogens with one attached hydrogen (secondary N) is 1. The predicted molar refractivity (Wildman–Crippen MR) is 148 cm³/mol. The molecule has 14 heteroatoms. The van der Waals surface area contributed by atoms with E-state index < -0.39 is 24.8 Å². The van der Waals surface area contributed by atoms with Crippen LogP contribution in [0, 0.1) is 0 Å². The highest BCUT2D eigenvalue weighted by molar-refractivity contribution is 6.33. The van der Waals surface area contributed by atoms with E-state index in [1.54, 1.807) is 30.3 Å². The van der Waals surface area contributed by atoms with Crippen molar-refractivity contribution in [1.29, 1.82) is 0 Å². The van der Waals surface area contributed by atoms with Crippen molar-refractivity contribution in [3.05, 3.63) is 77.3 Å². The molecule has 1 fully saturated rings. The first-order valence-corrected chi connectivity index (χ1v) is 13.5. The van der Waals surface area contributed by atoms with E-state index in [0.29, 0.717) is 33.1 Å². The average molecular weight is 599 g/mol. The number of hydrogen-bond acceptors (Lipinski definition) is 7. The number of benzene rings is 2. The smallest absolute Gasteiger partial charge is 0.373 e. The number of rotatable bonds is 9. The molecule has 2 atom stereocenters. The monoisotopic (exact) mass is 598 g/mol. The number of aromatic nitrogens is 5. The summed E-state index contributed by atoms with van der Waals surface area (Å²) in [7, 11) is 0. The zero-order chi connectivity index (χ0) is 29.6. The van der Waals surface area contributed by atoms with Gasteiger partial charge in [0, 0.05) is 17.3 Å². The van der Waals surface area contributed by atoms with Gasteiger partial charge in [-0.25, -0.2) is 9.98 Å². The zero-order valence-electron chi connectivity index (χ0n) is 22.3. The lowest BCUT2D eigenvalue weighted by atomic mass is 10.00. The summed E-state index contributed by atoms with van der Waals surface area (Å²) in [6.45, 7) is 1.03. The number of nitrogens with zero attached hydrogens (tertiary/aromatic N) is 6. The van der Waals surface area contributed by atoms with Gasteiger partial charge in [0.05, 0.1) is 29.5 Å². The maximum absolute atomic E-state index is 13.8. The van der Waals surface area contributed by atoms with Crippen molar-refractivity contribution in [2.45, 2.75) is 50.2 Å². The molecule has 2 aromatic heterocycles. The first kappa shape index (κ1) is 27.9. The summed E-state index contributed by atoms with van der Waals surface area (Å²) in [4.78, 5) is 24.0. The number of amides is 1. The summed E-state index contributed by atoms with van der Waals surface area (Å²) < 4.78 is 45.2. The van der Waals surface area contributed by atoms with Crippen molar-refractivity contribution >= 4 is 23.5 Å². The SMILES string of the molecule is CC1(OC[C@H](c2ccc(Cl)c(-c3ncn[nH]3)c2)N2C(=O)[C@@H](c3ccc(-c4cnn(CC(F)(F)F)c4)cc3)N=C2N)CC1. The molecule has 3 N–H and O–H groups in total. The van der Waals surface area contributed by atoms with Crippen LogP contribution in [0.1, 0.15) is 43.0 Å². The van der Waals surface area contributed by atoms with Gasteiger partial charge in [-0.2, -0.15) is 23.4 Å². The van der Waals surface area contributed by atoms with Gasteiger partial charge in [0.1, 0.15) is 12.9 Å². The van der Waals surface area contributed by atoms with Crippen molar-refractivity contribution in [1.82, 2.24) is 29.9 Å². The minimum Gasteiger partial charge on any atom is -0.373 e. The number of aromatic amines is 1. The van der Waals surface area contributed by atoms with Crippen LogP contribution in [-0.2, 0) is 16.1 Å². The van der Waals surface area contributed by atoms with Crippen molar-refractivity contribution in [3.63, 3.8) is 0 Å². The molecule has 2 aliphatic rings. The molecule has 6 rings (SSSR count). The topological polar surface area (TPSA) is 127 Å². The predicted octanol–water partition coefficient (Wildman–Crippen LogP) is 5.06. The van der Waals surface area contributed by atoms with Gasteiger partial charge in [-0.05, 0) is 48.6 Å². The molecular weight excluding hydrogens is 573 g/mol. The number of hydrogen-bond donors (Lipinski definition) is 2. The third-order valence-corrected chi connectivity index (χ3v) is 7.74. The van der Waals surface area contributed by atoms with Crippen LogP contribution in [0.15, 0.2) is 66.2 Å². The van der Waals surface area contributed by atoms with Crippen LogP contribution in [0.3, 0.4) is 0 Å². The fourth-order valence-corrected chi connectivity index (χ4v) is 5.06. The standard InChI is InChI=1S/C28H26ClF3N8O2/c1-27(8-9-27)42-13-22(18-6-7-21(29)20(10-18)24-34-15-35-38-24)40-25(41)23(37-26(40)33)17-4-2-16(3-5-17)19-11-36-39(12-19)14-28(30,31)32/h2-7,10-12,15,22-23H,8-9,13-14H2,1H3,(H2,33,37)(H,34,35,38)/t22-,23-/m1/s1. The third-order valence-electron chi connectivity index (χ3n) is 7.41. The van der Waals surface area contributed by atoms with Gasteiger partial charge < -0.3 is 10.5 Å². The van der Waals surface area contributed by atoms with E-state index in [9.17, 15) is 18.0 Å². The van der Waals surface area contributed by atoms with Crippen LogP contribution >= 0.6 is 11.6 Å². The van der Waals surface area contributed by atoms with E-state index in [2.05, 4.69) is 25.3 Å². The summed E-state index contributed by atoms with van der Waals surface area (Å²) in [5.74, 6) is 0.198. The highest BCUT2D eigenvalue weighted by Gasteiger charge is 2.43. The van der Waals surface area contributed by atoms with Gasteiger partial charge >= 0.3 is 6.18 Å². The Morgan fingerprint density at radius 2 is 1.95 bits per heavy atom. The molecule has 4 aromatic rings. The number of carbonyl (C=O) groups is 1. The zero-order valence-corrected chi connectivity index (χ0v) is 23.1. The molecule has 0 saturated heterocycles. The van der Waals surface area contributed by atoms with Crippen LogP contribution in [0.25, 0.3) is 22.5 Å². The molecule has 3 heterocycles. The van der Waals surface area contributed by atoms with Gasteiger partial charge in [0.15, 0.2) is 17.8 Å². The van der Waals surface area contributed by atoms with Crippen molar-refractivity contribution in [2.24, 2.45) is 10.7 Å². The van der Waals surface area contributed by atoms with Gasteiger partial charge in [-0.15, -0.1) is 0 Å². The molecule has 1 aliphatic carbocycles. The Morgan fingerprint density at radius 3 is 2.62 bits per heavy atom. The lowest BCUT2D eigenvalue weighted by Gasteiger charge is -2.30. The summed E-state index contributed by atoms with van der Waals surface area (Å²) in [5.41, 5.74) is 9.21. The van der Waals surface area contributed by atoms with Crippen LogP contribution in [-0.4, -0.2) is 60.1 Å². The van der Waals surface area contributed by atoms with Crippen LogP contribution < -0.4 is 5.73 Å². The van der Waals surface area contributed by atoms with Gasteiger partial charge in [0.25, 0.3) is 5.91 Å². The number of H-pyrrole nitrogens is 1. The van der Waals surface area contributed by atoms with Crippen LogP contribution in [0.4, 0.5) is 13.2 Å². The molecule has 218 valence electrons. The Labute approximate surface area is 243 Å². The number of guanidine groups is 1. The minimum absolute atomic E-state index is 0.0493. The molecule has 1 saturated carbocycles. The molecular formula is C28H26ClF3N8O2. The van der Waals surface area contributed by atoms with Crippen molar-refractivity contribution in [2.75, 3.05) is 6.61 Å². The third kappa shape index (κ3) is 5.74. The Hall–Kier alpha value is -4.23. The number of nitrogens with two attached hydrogens (primary N) is 1. The molecule has 2 aromatic carbocycles. The lowest BCUT2D eigenvalue weighted by Crippen LogP contribution is -2.43. The summed E-state index contributed by atoms with van der Waals surface area (Å²) in [5, 5.41) is 11.0. The summed E-state index contributed by atoms with van der Waals surface area (Å²) in [6.07, 6.45) is 1.54. The molecule has 0 unspecified atom stereocenters. The number of alkyl halides is 3. The molecule has 0 bridgehead atoms. The van der Waals surface area contributed by atoms with E-state index in [1.807, 2.05) is 19.1 Å².